The third-order valence-electron chi connectivity index (χ3n) is 6.50. The number of carbonyl (C=O) groups is 2. The topological polar surface area (TPSA) is 108 Å². The molecule has 4 heterocycles. The molecule has 174 valence electrons. The van der Waals surface area contributed by atoms with Crippen molar-refractivity contribution in [3.8, 4) is 0 Å². The number of hydrogen-bond acceptors (Lipinski definition) is 6. The number of hydrogen-bond donors (Lipinski definition) is 1. The lowest BCUT2D eigenvalue weighted by atomic mass is 10.1. The smallest absolute Gasteiger partial charge is 0.270 e. The third kappa shape index (κ3) is 4.66. The SMILES string of the molecule is Cc1nn([C@@H]2CCS(=O)(=O)C2)c(C)c1CN(C)CC(=O)c1c[nH]c(C(=O)N2CCCC2)c1. The fourth-order valence-electron chi connectivity index (χ4n) is 4.68. The summed E-state index contributed by atoms with van der Waals surface area (Å²) in [6.45, 7) is 6.15. The molecule has 1 atom stereocenters. The van der Waals surface area contributed by atoms with Crippen molar-refractivity contribution in [3.63, 3.8) is 0 Å². The van der Waals surface area contributed by atoms with Crippen LogP contribution in [0.4, 0.5) is 0 Å². The second-order valence-electron chi connectivity index (χ2n) is 9.05. The molecule has 2 aromatic rings. The van der Waals surface area contributed by atoms with Crippen molar-refractivity contribution >= 4 is 21.5 Å². The molecule has 0 saturated carbocycles. The maximum Gasteiger partial charge on any atom is 0.270 e. The van der Waals surface area contributed by atoms with E-state index in [0.717, 1.165) is 42.9 Å². The highest BCUT2D eigenvalue weighted by Gasteiger charge is 2.31. The number of H-pyrrole nitrogens is 1. The number of likely N-dealkylation sites (N-methyl/N-ethyl adjacent to an activating group) is 1. The van der Waals surface area contributed by atoms with Gasteiger partial charge in [0.05, 0.1) is 29.8 Å². The molecule has 0 bridgehead atoms. The number of ketones is 1. The van der Waals surface area contributed by atoms with E-state index < -0.39 is 9.84 Å². The molecular formula is C22H31N5O4S. The van der Waals surface area contributed by atoms with Crippen molar-refractivity contribution in [2.24, 2.45) is 0 Å². The van der Waals surface area contributed by atoms with Gasteiger partial charge in [-0.05, 0) is 46.2 Å². The van der Waals surface area contributed by atoms with Gasteiger partial charge >= 0.3 is 0 Å². The van der Waals surface area contributed by atoms with Crippen LogP contribution in [0.25, 0.3) is 0 Å². The van der Waals surface area contributed by atoms with Gasteiger partial charge in [-0.2, -0.15) is 5.10 Å². The molecule has 0 spiro atoms. The number of nitrogens with one attached hydrogen (secondary N) is 1. The zero-order valence-corrected chi connectivity index (χ0v) is 19.7. The first-order chi connectivity index (χ1) is 15.1. The standard InChI is InChI=1S/C22H31N5O4S/c1-15-19(16(2)27(24-15)18-6-9-32(30,31)14-18)12-25(3)13-21(28)17-10-20(23-11-17)22(29)26-7-4-5-8-26/h10-11,18,23H,4-9,12-14H2,1-3H3/t18-/m1/s1. The zero-order chi connectivity index (χ0) is 23.0. The predicted octanol–water partition coefficient (Wildman–Crippen LogP) is 1.74. The van der Waals surface area contributed by atoms with Crippen LogP contribution in [0.1, 0.15) is 63.1 Å². The molecular weight excluding hydrogens is 430 g/mol. The molecule has 0 aromatic carbocycles. The largest absolute Gasteiger partial charge is 0.356 e. The summed E-state index contributed by atoms with van der Waals surface area (Å²) < 4.78 is 25.6. The van der Waals surface area contributed by atoms with Gasteiger partial charge in [-0.3, -0.25) is 19.2 Å². The minimum Gasteiger partial charge on any atom is -0.356 e. The lowest BCUT2D eigenvalue weighted by Crippen LogP contribution is -2.28. The minimum atomic E-state index is -2.99. The van der Waals surface area contributed by atoms with E-state index in [4.69, 9.17) is 0 Å². The first-order valence-corrected chi connectivity index (χ1v) is 12.9. The fraction of sp³-hybridized carbons (Fsp3) is 0.591. The normalized spacial score (nSPS) is 20.4. The number of amides is 1. The average Bonchev–Trinajstić information content (AvgIpc) is 3.51. The van der Waals surface area contributed by atoms with Crippen molar-refractivity contribution in [1.29, 1.82) is 0 Å². The number of rotatable bonds is 7. The van der Waals surface area contributed by atoms with E-state index in [2.05, 4.69) is 10.1 Å². The van der Waals surface area contributed by atoms with Gasteiger partial charge in [-0.25, -0.2) is 8.42 Å². The number of aromatic nitrogens is 3. The highest BCUT2D eigenvalue weighted by Crippen LogP contribution is 2.27. The van der Waals surface area contributed by atoms with E-state index in [1.54, 1.807) is 12.3 Å². The van der Waals surface area contributed by atoms with Crippen LogP contribution in [0.2, 0.25) is 0 Å². The van der Waals surface area contributed by atoms with Crippen LogP contribution in [-0.2, 0) is 16.4 Å². The molecule has 4 rings (SSSR count). The van der Waals surface area contributed by atoms with E-state index in [1.165, 1.54) is 0 Å². The van der Waals surface area contributed by atoms with E-state index >= 15 is 0 Å². The summed E-state index contributed by atoms with van der Waals surface area (Å²) in [7, 11) is -1.12. The van der Waals surface area contributed by atoms with Crippen molar-refractivity contribution in [2.75, 3.05) is 38.2 Å². The van der Waals surface area contributed by atoms with Crippen LogP contribution in [0, 0.1) is 13.8 Å². The van der Waals surface area contributed by atoms with Crippen LogP contribution in [0.5, 0.6) is 0 Å². The minimum absolute atomic E-state index is 0.0532. The maximum atomic E-state index is 12.8. The first-order valence-electron chi connectivity index (χ1n) is 11.1. The van der Waals surface area contributed by atoms with Gasteiger partial charge in [0.1, 0.15) is 5.69 Å². The van der Waals surface area contributed by atoms with Crippen molar-refractivity contribution < 1.29 is 18.0 Å². The maximum absolute atomic E-state index is 12.8. The Bertz CT molecular complexity index is 1130. The number of aromatic amines is 1. The Hall–Kier alpha value is -2.46. The van der Waals surface area contributed by atoms with E-state index in [-0.39, 0.29) is 35.8 Å². The van der Waals surface area contributed by atoms with Crippen LogP contribution >= 0.6 is 0 Å². The molecule has 1 N–H and O–H groups in total. The van der Waals surface area contributed by atoms with Gasteiger partial charge in [0.2, 0.25) is 0 Å². The Morgan fingerprint density at radius 3 is 2.62 bits per heavy atom. The Kier molecular flexibility index (Phi) is 6.26. The van der Waals surface area contributed by atoms with Crippen molar-refractivity contribution in [2.45, 2.75) is 45.7 Å². The van der Waals surface area contributed by atoms with Gasteiger partial charge in [-0.15, -0.1) is 0 Å². The van der Waals surface area contributed by atoms with Crippen LogP contribution in [0.15, 0.2) is 12.3 Å². The molecule has 2 fully saturated rings. The molecule has 0 radical (unpaired) electrons. The summed E-state index contributed by atoms with van der Waals surface area (Å²) in [6.07, 6.45) is 4.24. The van der Waals surface area contributed by atoms with Gasteiger partial charge in [0, 0.05) is 42.7 Å². The summed E-state index contributed by atoms with van der Waals surface area (Å²) in [4.78, 5) is 32.0. The highest BCUT2D eigenvalue weighted by molar-refractivity contribution is 7.91. The number of likely N-dealkylation sites (tertiary alicyclic amines) is 1. The monoisotopic (exact) mass is 461 g/mol. The van der Waals surface area contributed by atoms with Gasteiger partial charge in [-0.1, -0.05) is 0 Å². The Morgan fingerprint density at radius 1 is 1.25 bits per heavy atom. The zero-order valence-electron chi connectivity index (χ0n) is 18.9. The van der Waals surface area contributed by atoms with Crippen LogP contribution in [0.3, 0.4) is 0 Å². The highest BCUT2D eigenvalue weighted by atomic mass is 32.2. The molecule has 0 unspecified atom stereocenters. The average molecular weight is 462 g/mol. The number of nitrogens with zero attached hydrogens (tertiary/aromatic N) is 4. The van der Waals surface area contributed by atoms with Crippen LogP contribution in [-0.4, -0.2) is 82.9 Å². The van der Waals surface area contributed by atoms with Crippen molar-refractivity contribution in [1.82, 2.24) is 24.6 Å². The Morgan fingerprint density at radius 2 is 1.97 bits per heavy atom. The van der Waals surface area contributed by atoms with E-state index in [0.29, 0.717) is 24.2 Å². The molecule has 2 aromatic heterocycles. The lowest BCUT2D eigenvalue weighted by molar-refractivity contribution is 0.0787. The summed E-state index contributed by atoms with van der Waals surface area (Å²) in [6, 6.07) is 1.53. The van der Waals surface area contributed by atoms with E-state index in [1.807, 2.05) is 35.4 Å². The van der Waals surface area contributed by atoms with Crippen LogP contribution < -0.4 is 0 Å². The summed E-state index contributed by atoms with van der Waals surface area (Å²) in [5, 5.41) is 4.60. The molecule has 2 saturated heterocycles. The summed E-state index contributed by atoms with van der Waals surface area (Å²) in [5.74, 6) is 0.226. The van der Waals surface area contributed by atoms with Crippen molar-refractivity contribution in [3.05, 3.63) is 40.5 Å². The quantitative estimate of drug-likeness (QED) is 0.629. The van der Waals surface area contributed by atoms with Gasteiger partial charge < -0.3 is 9.88 Å². The number of Topliss-reactive ketones (excluding diaryl/α,β-unsaturated/α-hetero) is 1. The summed E-state index contributed by atoms with van der Waals surface area (Å²) >= 11 is 0. The Balaban J connectivity index is 1.39. The molecule has 10 heteroatoms. The predicted molar refractivity (Wildman–Crippen MR) is 121 cm³/mol. The summed E-state index contributed by atoms with van der Waals surface area (Å²) in [5.41, 5.74) is 3.77. The number of sulfone groups is 1. The Labute approximate surface area is 188 Å². The third-order valence-corrected chi connectivity index (χ3v) is 8.25. The van der Waals surface area contributed by atoms with Gasteiger partial charge in [0.25, 0.3) is 5.91 Å². The second-order valence-corrected chi connectivity index (χ2v) is 11.3. The number of carbonyl (C=O) groups excluding carboxylic acids is 2. The lowest BCUT2D eigenvalue weighted by Gasteiger charge is -2.17. The fourth-order valence-corrected chi connectivity index (χ4v) is 6.37. The molecule has 1 amide bonds. The first kappa shape index (κ1) is 22.7. The second kappa shape index (κ2) is 8.82. The molecule has 0 aliphatic carbocycles. The molecule has 32 heavy (non-hydrogen) atoms. The molecule has 2 aliphatic heterocycles. The number of aryl methyl sites for hydroxylation is 1. The molecule has 9 nitrogen and oxygen atoms in total. The molecule has 2 aliphatic rings. The van der Waals surface area contributed by atoms with E-state index in [9.17, 15) is 18.0 Å². The van der Waals surface area contributed by atoms with Gasteiger partial charge in [0.15, 0.2) is 15.6 Å².